The Bertz CT molecular complexity index is 1660. The first-order valence-corrected chi connectivity index (χ1v) is 21.7. The molecule has 0 radical (unpaired) electrons. The Morgan fingerprint density at radius 1 is 0.831 bits per heavy atom. The van der Waals surface area contributed by atoms with Gasteiger partial charge in [-0.05, 0) is 81.9 Å². The van der Waals surface area contributed by atoms with Crippen LogP contribution in [0.2, 0.25) is 0 Å². The number of allylic oxidation sites excluding steroid dienone is 1. The summed E-state index contributed by atoms with van der Waals surface area (Å²) in [5, 5.41) is 0. The molecule has 0 saturated carbocycles. The third-order valence-corrected chi connectivity index (χ3v) is 12.1. The van der Waals surface area contributed by atoms with Gasteiger partial charge in [-0.3, -0.25) is 0 Å². The van der Waals surface area contributed by atoms with Gasteiger partial charge in [0.15, 0.2) is 0 Å². The van der Waals surface area contributed by atoms with Crippen LogP contribution in [0.3, 0.4) is 0 Å². The standard InChI is InChI=1S/C47H62O12/c1-3-13-38(40-22-23-41(56-40)42-24-25-43(57-42)44-21-12-26-47(59-44)53-28-29-54-47)39-20-11-17-34(52-32-50-2)30-35(16-9-10-27-51-31-33-14-5-4-6-15-33)55-45(48)36-18-7-8-19-37(36)46(49)58-39/h3-8,11,14-15,17-19,34-35,38-44H,1,9-10,12-13,16,20-32H2,2H3/b17-11+/t34?,35?,38-,39?,40-,41+,42-,43-,44+/m1/s1. The number of unbranched alkanes of at least 4 members (excludes halogenated alkanes) is 1. The zero-order valence-corrected chi connectivity index (χ0v) is 34.5. The summed E-state index contributed by atoms with van der Waals surface area (Å²) in [5.74, 6) is -2.28. The van der Waals surface area contributed by atoms with Gasteiger partial charge in [-0.25, -0.2) is 9.59 Å². The number of cyclic esters (lactones) is 2. The van der Waals surface area contributed by atoms with Crippen molar-refractivity contribution in [2.24, 2.45) is 5.92 Å². The number of benzene rings is 2. The van der Waals surface area contributed by atoms with Crippen LogP contribution in [0.15, 0.2) is 79.4 Å². The topological polar surface area (TPSA) is 126 Å². The van der Waals surface area contributed by atoms with Gasteiger partial charge in [-0.15, -0.1) is 6.58 Å². The van der Waals surface area contributed by atoms with Crippen molar-refractivity contribution >= 4 is 11.9 Å². The molecule has 7 rings (SSSR count). The molecule has 9 atom stereocenters. The van der Waals surface area contributed by atoms with E-state index in [2.05, 4.69) is 6.58 Å². The lowest BCUT2D eigenvalue weighted by molar-refractivity contribution is -0.373. The molecule has 4 fully saturated rings. The number of fused-ring (bicyclic) bond motifs is 1. The average Bonchev–Trinajstić information content (AvgIpc) is 4.05. The molecule has 2 aromatic rings. The molecule has 12 nitrogen and oxygen atoms in total. The van der Waals surface area contributed by atoms with E-state index in [1.165, 1.54) is 0 Å². The van der Waals surface area contributed by atoms with Gasteiger partial charge in [0.2, 0.25) is 0 Å². The van der Waals surface area contributed by atoms with Crippen LogP contribution in [0.5, 0.6) is 0 Å². The number of esters is 2. The van der Waals surface area contributed by atoms with Gasteiger partial charge in [-0.2, -0.15) is 0 Å². The Kier molecular flexibility index (Phi) is 16.2. The molecule has 0 amide bonds. The maximum absolute atomic E-state index is 14.1. The third-order valence-electron chi connectivity index (χ3n) is 12.1. The van der Waals surface area contributed by atoms with Crippen molar-refractivity contribution in [3.8, 4) is 0 Å². The van der Waals surface area contributed by atoms with Crippen LogP contribution < -0.4 is 0 Å². The van der Waals surface area contributed by atoms with Crippen LogP contribution >= 0.6 is 0 Å². The van der Waals surface area contributed by atoms with E-state index in [1.807, 2.05) is 48.6 Å². The smallest absolute Gasteiger partial charge is 0.339 e. The maximum Gasteiger partial charge on any atom is 0.339 e. The summed E-state index contributed by atoms with van der Waals surface area (Å²) in [6.07, 6.45) is 13.4. The van der Waals surface area contributed by atoms with Crippen molar-refractivity contribution in [1.82, 2.24) is 0 Å². The third kappa shape index (κ3) is 11.9. The van der Waals surface area contributed by atoms with E-state index >= 15 is 0 Å². The van der Waals surface area contributed by atoms with Crippen LogP contribution in [0.4, 0.5) is 0 Å². The highest BCUT2D eigenvalue weighted by Gasteiger charge is 2.48. The van der Waals surface area contributed by atoms with Crippen LogP contribution in [0.1, 0.15) is 110 Å². The van der Waals surface area contributed by atoms with Gasteiger partial charge in [0.1, 0.15) is 19.0 Å². The number of carbonyl (C=O) groups is 2. The molecule has 0 aromatic heterocycles. The van der Waals surface area contributed by atoms with E-state index in [4.69, 9.17) is 47.4 Å². The van der Waals surface area contributed by atoms with Gasteiger partial charge in [0.05, 0.1) is 67.6 Å². The minimum atomic E-state index is -0.924. The summed E-state index contributed by atoms with van der Waals surface area (Å²) in [5.41, 5.74) is 1.45. The molecule has 0 aliphatic carbocycles. The number of methoxy groups -OCH3 is 1. The highest BCUT2D eigenvalue weighted by molar-refractivity contribution is 6.03. The second-order valence-corrected chi connectivity index (χ2v) is 16.3. The Balaban J connectivity index is 1.02. The summed E-state index contributed by atoms with van der Waals surface area (Å²) >= 11 is 0. The molecule has 3 unspecified atom stereocenters. The predicted molar refractivity (Wildman–Crippen MR) is 217 cm³/mol. The molecule has 5 heterocycles. The fraction of sp³-hybridized carbons (Fsp3) is 0.617. The lowest BCUT2D eigenvalue weighted by Gasteiger charge is -2.38. The molecular weight excluding hydrogens is 757 g/mol. The molecule has 5 aliphatic rings. The fourth-order valence-electron chi connectivity index (χ4n) is 9.14. The number of rotatable bonds is 16. The molecule has 4 saturated heterocycles. The highest BCUT2D eigenvalue weighted by atomic mass is 16.9. The fourth-order valence-corrected chi connectivity index (χ4v) is 9.14. The number of carbonyl (C=O) groups excluding carboxylic acids is 2. The molecule has 2 aromatic carbocycles. The SMILES string of the molecule is C=CC[C@H](C1C/C=C/C(OCOC)CC(CCCCOCc2ccccc2)OC(=O)c2ccccc2C(=O)O1)[C@H]1CC[C@@H]([C@H]2CC[C@H]([C@@H]3CCCC4(OCCO4)O3)O2)O1. The van der Waals surface area contributed by atoms with Crippen molar-refractivity contribution in [2.75, 3.05) is 33.7 Å². The highest BCUT2D eigenvalue weighted by Crippen LogP contribution is 2.41. The molecule has 1 spiro atoms. The van der Waals surface area contributed by atoms with E-state index in [0.717, 1.165) is 63.4 Å². The summed E-state index contributed by atoms with van der Waals surface area (Å²) in [6.45, 7) is 6.36. The van der Waals surface area contributed by atoms with Gasteiger partial charge < -0.3 is 47.4 Å². The second kappa shape index (κ2) is 21.9. The molecule has 59 heavy (non-hydrogen) atoms. The lowest BCUT2D eigenvalue weighted by Crippen LogP contribution is -2.46. The Morgan fingerprint density at radius 2 is 1.54 bits per heavy atom. The van der Waals surface area contributed by atoms with Gasteiger partial charge in [0, 0.05) is 38.9 Å². The Labute approximate surface area is 348 Å². The van der Waals surface area contributed by atoms with Crippen LogP contribution in [-0.2, 0) is 54.0 Å². The van der Waals surface area contributed by atoms with Gasteiger partial charge >= 0.3 is 11.9 Å². The quantitative estimate of drug-likeness (QED) is 0.0705. The van der Waals surface area contributed by atoms with Crippen molar-refractivity contribution in [2.45, 2.75) is 145 Å². The lowest BCUT2D eigenvalue weighted by atomic mass is 9.88. The van der Waals surface area contributed by atoms with Crippen molar-refractivity contribution in [3.63, 3.8) is 0 Å². The molecule has 12 heteroatoms. The Morgan fingerprint density at radius 3 is 2.31 bits per heavy atom. The number of ether oxygens (including phenoxy) is 10. The van der Waals surface area contributed by atoms with Gasteiger partial charge in [-0.1, -0.05) is 60.7 Å². The van der Waals surface area contributed by atoms with Crippen LogP contribution in [0.25, 0.3) is 0 Å². The first kappa shape index (κ1) is 43.6. The van der Waals surface area contributed by atoms with E-state index < -0.39 is 36.2 Å². The predicted octanol–water partition coefficient (Wildman–Crippen LogP) is 8.02. The summed E-state index contributed by atoms with van der Waals surface area (Å²) in [7, 11) is 1.58. The monoisotopic (exact) mass is 818 g/mol. The molecule has 5 aliphatic heterocycles. The maximum atomic E-state index is 14.1. The molecule has 0 N–H and O–H groups in total. The van der Waals surface area contributed by atoms with E-state index in [9.17, 15) is 9.59 Å². The summed E-state index contributed by atoms with van der Waals surface area (Å²) < 4.78 is 61.3. The van der Waals surface area contributed by atoms with Crippen LogP contribution in [-0.4, -0.2) is 100 Å². The minimum absolute atomic E-state index is 0.0448. The summed E-state index contributed by atoms with van der Waals surface area (Å²) in [6, 6.07) is 16.8. The van der Waals surface area contributed by atoms with Crippen molar-refractivity contribution < 1.29 is 57.0 Å². The zero-order valence-electron chi connectivity index (χ0n) is 34.5. The Hall–Kier alpha value is -3.46. The largest absolute Gasteiger partial charge is 0.459 e. The number of hydrogen-bond acceptors (Lipinski definition) is 12. The summed E-state index contributed by atoms with van der Waals surface area (Å²) in [4.78, 5) is 27.9. The first-order chi connectivity index (χ1) is 28.9. The van der Waals surface area contributed by atoms with Crippen molar-refractivity contribution in [3.05, 3.63) is 96.1 Å². The van der Waals surface area contributed by atoms with Crippen LogP contribution in [0, 0.1) is 5.92 Å². The van der Waals surface area contributed by atoms with E-state index in [-0.39, 0.29) is 54.4 Å². The molecule has 322 valence electrons. The normalized spacial score (nSPS) is 31.0. The van der Waals surface area contributed by atoms with E-state index in [0.29, 0.717) is 52.1 Å². The van der Waals surface area contributed by atoms with Gasteiger partial charge in [0.25, 0.3) is 5.97 Å². The molecular formula is C47H62O12. The first-order valence-electron chi connectivity index (χ1n) is 21.7. The second-order valence-electron chi connectivity index (χ2n) is 16.3. The average molecular weight is 819 g/mol. The molecule has 0 bridgehead atoms. The van der Waals surface area contributed by atoms with Crippen molar-refractivity contribution in [1.29, 1.82) is 0 Å². The zero-order chi connectivity index (χ0) is 40.9. The minimum Gasteiger partial charge on any atom is -0.459 e. The van der Waals surface area contributed by atoms with E-state index in [1.54, 1.807) is 31.4 Å². The number of hydrogen-bond donors (Lipinski definition) is 0.